The number of hydrogen-bond donors (Lipinski definition) is 0. The van der Waals surface area contributed by atoms with E-state index in [1.54, 1.807) is 0 Å². The van der Waals surface area contributed by atoms with Gasteiger partial charge in [0, 0.05) is 18.8 Å². The summed E-state index contributed by atoms with van der Waals surface area (Å²) in [6.07, 6.45) is 7.81. The van der Waals surface area contributed by atoms with Crippen molar-refractivity contribution in [3.8, 4) is 0 Å². The summed E-state index contributed by atoms with van der Waals surface area (Å²) in [5.41, 5.74) is 3.52. The molecular weight excluding hydrogens is 184 g/mol. The fourth-order valence-corrected chi connectivity index (χ4v) is 1.35. The Bertz CT molecular complexity index is 361. The minimum Gasteiger partial charge on any atom is -0.241 e. The summed E-state index contributed by atoms with van der Waals surface area (Å²) in [4.78, 5) is 8.33. The van der Waals surface area contributed by atoms with Gasteiger partial charge in [-0.2, -0.15) is 0 Å². The maximum Gasteiger partial charge on any atom is 0.125 e. The molecule has 2 heteroatoms. The van der Waals surface area contributed by atoms with Crippen LogP contribution in [0.15, 0.2) is 36.2 Å². The maximum atomic E-state index is 4.17. The van der Waals surface area contributed by atoms with Gasteiger partial charge in [0.15, 0.2) is 0 Å². The van der Waals surface area contributed by atoms with Crippen LogP contribution in [-0.4, -0.2) is 9.97 Å². The van der Waals surface area contributed by atoms with Crippen molar-refractivity contribution in [1.29, 1.82) is 0 Å². The van der Waals surface area contributed by atoms with E-state index in [-0.39, 0.29) is 0 Å². The van der Waals surface area contributed by atoms with E-state index in [2.05, 4.69) is 36.5 Å². The van der Waals surface area contributed by atoms with E-state index in [4.69, 9.17) is 0 Å². The lowest BCUT2D eigenvalue weighted by Gasteiger charge is -2.05. The largest absolute Gasteiger partial charge is 0.241 e. The lowest BCUT2D eigenvalue weighted by molar-refractivity contribution is 0.996. The van der Waals surface area contributed by atoms with E-state index >= 15 is 0 Å². The van der Waals surface area contributed by atoms with Crippen molar-refractivity contribution >= 4 is 0 Å². The van der Waals surface area contributed by atoms with Gasteiger partial charge >= 0.3 is 0 Å². The molecule has 0 spiro atoms. The van der Waals surface area contributed by atoms with Crippen molar-refractivity contribution < 1.29 is 0 Å². The third-order valence-electron chi connectivity index (χ3n) is 2.32. The number of hydrogen-bond acceptors (Lipinski definition) is 2. The van der Waals surface area contributed by atoms with Gasteiger partial charge in [-0.3, -0.25) is 0 Å². The number of aryl methyl sites for hydroxylation is 1. The van der Waals surface area contributed by atoms with E-state index in [1.807, 2.05) is 19.3 Å². The van der Waals surface area contributed by atoms with E-state index in [0.717, 1.165) is 29.8 Å². The van der Waals surface area contributed by atoms with Crippen LogP contribution in [0.25, 0.3) is 0 Å². The van der Waals surface area contributed by atoms with Crippen molar-refractivity contribution in [2.45, 2.75) is 33.6 Å². The van der Waals surface area contributed by atoms with Crippen molar-refractivity contribution in [3.63, 3.8) is 0 Å². The third kappa shape index (κ3) is 3.66. The highest BCUT2D eigenvalue weighted by atomic mass is 14.8. The molecule has 0 aromatic carbocycles. The van der Waals surface area contributed by atoms with Gasteiger partial charge in [-0.15, -0.1) is 0 Å². The van der Waals surface area contributed by atoms with E-state index in [0.29, 0.717) is 0 Å². The monoisotopic (exact) mass is 202 g/mol. The minimum atomic E-state index is 0.810. The molecule has 0 radical (unpaired) electrons. The van der Waals surface area contributed by atoms with Crippen LogP contribution in [0.2, 0.25) is 0 Å². The third-order valence-corrected chi connectivity index (χ3v) is 2.32. The molecule has 1 rings (SSSR count). The maximum absolute atomic E-state index is 4.17. The molecule has 1 aromatic heterocycles. The predicted octanol–water partition coefficient (Wildman–Crippen LogP) is 3.24. The molecule has 0 atom stereocenters. The average Bonchev–Trinajstić information content (AvgIpc) is 2.22. The Morgan fingerprint density at radius 3 is 2.53 bits per heavy atom. The molecule has 0 saturated heterocycles. The summed E-state index contributed by atoms with van der Waals surface area (Å²) in [7, 11) is 0. The van der Waals surface area contributed by atoms with Gasteiger partial charge in [-0.1, -0.05) is 25.2 Å². The summed E-state index contributed by atoms with van der Waals surface area (Å²) >= 11 is 0. The minimum absolute atomic E-state index is 0.810. The predicted molar refractivity (Wildman–Crippen MR) is 63.7 cm³/mol. The molecule has 0 saturated carbocycles. The summed E-state index contributed by atoms with van der Waals surface area (Å²) < 4.78 is 0. The van der Waals surface area contributed by atoms with Crippen LogP contribution >= 0.6 is 0 Å². The first-order valence-corrected chi connectivity index (χ1v) is 5.26. The van der Waals surface area contributed by atoms with Gasteiger partial charge in [-0.05, 0) is 31.4 Å². The molecule has 15 heavy (non-hydrogen) atoms. The van der Waals surface area contributed by atoms with Crippen LogP contribution < -0.4 is 0 Å². The van der Waals surface area contributed by atoms with E-state index in [9.17, 15) is 0 Å². The zero-order valence-corrected chi connectivity index (χ0v) is 9.75. The zero-order valence-electron chi connectivity index (χ0n) is 9.75. The second-order valence-corrected chi connectivity index (χ2v) is 3.71. The average molecular weight is 202 g/mol. The summed E-state index contributed by atoms with van der Waals surface area (Å²) in [6, 6.07) is 0. The molecular formula is C13H18N2. The normalized spacial score (nSPS) is 11.5. The lowest BCUT2D eigenvalue weighted by Crippen LogP contribution is -1.95. The van der Waals surface area contributed by atoms with Crippen LogP contribution in [0.5, 0.6) is 0 Å². The number of nitrogens with zero attached hydrogens (tertiary/aromatic N) is 2. The highest BCUT2D eigenvalue weighted by Crippen LogP contribution is 2.13. The molecule has 0 N–H and O–H groups in total. The number of allylic oxidation sites excluding steroid dienone is 3. The fourth-order valence-electron chi connectivity index (χ4n) is 1.35. The number of aromatic nitrogens is 2. The van der Waals surface area contributed by atoms with E-state index < -0.39 is 0 Å². The van der Waals surface area contributed by atoms with Crippen LogP contribution in [0.3, 0.4) is 0 Å². The molecule has 0 unspecified atom stereocenters. The Hall–Kier alpha value is -1.44. The standard InChI is InChI=1S/C13H18N2/c1-5-6-10(2)11(3)7-13-8-14-12(4)15-9-13/h6,8-9H,3,5,7H2,1-2,4H3. The second kappa shape index (κ2) is 5.44. The highest BCUT2D eigenvalue weighted by molar-refractivity contribution is 5.30. The van der Waals surface area contributed by atoms with Gasteiger partial charge in [0.25, 0.3) is 0 Å². The first-order chi connectivity index (χ1) is 7.13. The first-order valence-electron chi connectivity index (χ1n) is 5.26. The number of rotatable bonds is 4. The fraction of sp³-hybridized carbons (Fsp3) is 0.385. The molecule has 1 heterocycles. The Morgan fingerprint density at radius 1 is 1.40 bits per heavy atom. The van der Waals surface area contributed by atoms with E-state index in [1.165, 1.54) is 5.57 Å². The Labute approximate surface area is 91.8 Å². The zero-order chi connectivity index (χ0) is 11.3. The molecule has 80 valence electrons. The smallest absolute Gasteiger partial charge is 0.125 e. The molecule has 1 aromatic rings. The van der Waals surface area contributed by atoms with Gasteiger partial charge < -0.3 is 0 Å². The summed E-state index contributed by atoms with van der Waals surface area (Å²) in [6.45, 7) is 10.2. The Kier molecular flexibility index (Phi) is 4.22. The van der Waals surface area contributed by atoms with Gasteiger partial charge in [-0.25, -0.2) is 9.97 Å². The van der Waals surface area contributed by atoms with Crippen molar-refractivity contribution in [3.05, 3.63) is 47.6 Å². The quantitative estimate of drug-likeness (QED) is 0.700. The molecule has 0 aliphatic carbocycles. The molecule has 0 aliphatic heterocycles. The summed E-state index contributed by atoms with van der Waals surface area (Å²) in [5.74, 6) is 0.810. The molecule has 0 aliphatic rings. The topological polar surface area (TPSA) is 25.8 Å². The van der Waals surface area contributed by atoms with Gasteiger partial charge in [0.2, 0.25) is 0 Å². The van der Waals surface area contributed by atoms with Crippen LogP contribution in [-0.2, 0) is 6.42 Å². The first kappa shape index (κ1) is 11.6. The van der Waals surface area contributed by atoms with Gasteiger partial charge in [0.05, 0.1) is 0 Å². The molecule has 2 nitrogen and oxygen atoms in total. The SMILES string of the molecule is C=C(Cc1cnc(C)nc1)C(C)=CCC. The van der Waals surface area contributed by atoms with Crippen LogP contribution in [0.4, 0.5) is 0 Å². The Balaban J connectivity index is 2.66. The van der Waals surface area contributed by atoms with Gasteiger partial charge in [0.1, 0.15) is 5.82 Å². The molecule has 0 amide bonds. The highest BCUT2D eigenvalue weighted by Gasteiger charge is 2.00. The Morgan fingerprint density at radius 2 is 2.00 bits per heavy atom. The molecule has 0 fully saturated rings. The van der Waals surface area contributed by atoms with Crippen LogP contribution in [0, 0.1) is 6.92 Å². The van der Waals surface area contributed by atoms with Crippen LogP contribution in [0.1, 0.15) is 31.7 Å². The molecule has 0 bridgehead atoms. The summed E-state index contributed by atoms with van der Waals surface area (Å²) in [5, 5.41) is 0. The van der Waals surface area contributed by atoms with Crippen molar-refractivity contribution in [1.82, 2.24) is 9.97 Å². The lowest BCUT2D eigenvalue weighted by atomic mass is 10.0. The van der Waals surface area contributed by atoms with Crippen molar-refractivity contribution in [2.24, 2.45) is 0 Å². The second-order valence-electron chi connectivity index (χ2n) is 3.71. The van der Waals surface area contributed by atoms with Crippen molar-refractivity contribution in [2.75, 3.05) is 0 Å².